The van der Waals surface area contributed by atoms with Crippen LogP contribution in [0.5, 0.6) is 0 Å². The summed E-state index contributed by atoms with van der Waals surface area (Å²) in [6.45, 7) is 4.21. The first-order valence-electron chi connectivity index (χ1n) is 26.0. The van der Waals surface area contributed by atoms with E-state index >= 15 is 0 Å². The van der Waals surface area contributed by atoms with Crippen molar-refractivity contribution in [3.63, 3.8) is 0 Å². The third-order valence-electron chi connectivity index (χ3n) is 11.8. The summed E-state index contributed by atoms with van der Waals surface area (Å²) in [6, 6.07) is -0.623. The van der Waals surface area contributed by atoms with Crippen LogP contribution in [0, 0.1) is 0 Å². The summed E-state index contributed by atoms with van der Waals surface area (Å²) in [4.78, 5) is 12.4. The Balaban J connectivity index is 3.50. The highest BCUT2D eigenvalue weighted by atomic mass is 16.3. The molecule has 0 bridgehead atoms. The zero-order chi connectivity index (χ0) is 42.8. The van der Waals surface area contributed by atoms with E-state index in [-0.39, 0.29) is 12.5 Å². The largest absolute Gasteiger partial charge is 0.394 e. The van der Waals surface area contributed by atoms with Crippen molar-refractivity contribution in [1.82, 2.24) is 5.32 Å². The maximum Gasteiger partial charge on any atom is 0.220 e. The van der Waals surface area contributed by atoms with E-state index in [1.54, 1.807) is 6.08 Å². The molecule has 4 heteroatoms. The van der Waals surface area contributed by atoms with Crippen LogP contribution in [0.15, 0.2) is 60.8 Å². The fraction of sp³-hybridized carbons (Fsp3) is 0.800. The van der Waals surface area contributed by atoms with Gasteiger partial charge in [0.05, 0.1) is 18.8 Å². The molecule has 0 spiro atoms. The molecule has 0 aromatic carbocycles. The number of aliphatic hydroxyl groups excluding tert-OH is 2. The van der Waals surface area contributed by atoms with Gasteiger partial charge < -0.3 is 15.5 Å². The van der Waals surface area contributed by atoms with Gasteiger partial charge in [-0.1, -0.05) is 261 Å². The molecule has 2 atom stereocenters. The highest BCUT2D eigenvalue weighted by molar-refractivity contribution is 5.76. The molecule has 344 valence electrons. The zero-order valence-corrected chi connectivity index (χ0v) is 39.5. The summed E-state index contributed by atoms with van der Waals surface area (Å²) in [5.41, 5.74) is 0. The van der Waals surface area contributed by atoms with Crippen LogP contribution in [-0.2, 0) is 4.79 Å². The Labute approximate surface area is 368 Å². The molecule has 59 heavy (non-hydrogen) atoms. The molecule has 4 nitrogen and oxygen atoms in total. The summed E-state index contributed by atoms with van der Waals surface area (Å²) in [7, 11) is 0. The SMILES string of the molecule is CC/C=C\C/C=C\C/C=C\C/C=C\CCCCCCCCCCCCCCCCCCC(=O)NC(CO)C(O)/C=C/CCCCCCCCCCCCCCCCCC. The minimum absolute atomic E-state index is 0.0630. The summed E-state index contributed by atoms with van der Waals surface area (Å²) in [5.74, 6) is -0.0630. The molecule has 0 saturated carbocycles. The normalized spacial score (nSPS) is 13.4. The van der Waals surface area contributed by atoms with Gasteiger partial charge in [0.15, 0.2) is 0 Å². The summed E-state index contributed by atoms with van der Waals surface area (Å²) in [5, 5.41) is 23.1. The minimum Gasteiger partial charge on any atom is -0.394 e. The lowest BCUT2D eigenvalue weighted by Crippen LogP contribution is -2.45. The van der Waals surface area contributed by atoms with Gasteiger partial charge in [-0.05, 0) is 57.8 Å². The van der Waals surface area contributed by atoms with Crippen LogP contribution in [0.1, 0.15) is 264 Å². The number of nitrogens with one attached hydrogen (secondary N) is 1. The van der Waals surface area contributed by atoms with Gasteiger partial charge in [-0.2, -0.15) is 0 Å². The van der Waals surface area contributed by atoms with E-state index in [9.17, 15) is 15.0 Å². The van der Waals surface area contributed by atoms with Gasteiger partial charge >= 0.3 is 0 Å². The van der Waals surface area contributed by atoms with Crippen molar-refractivity contribution in [1.29, 1.82) is 0 Å². The molecule has 0 aliphatic rings. The fourth-order valence-electron chi connectivity index (χ4n) is 7.82. The van der Waals surface area contributed by atoms with Crippen molar-refractivity contribution >= 4 is 5.91 Å². The number of allylic oxidation sites excluding steroid dienone is 9. The van der Waals surface area contributed by atoms with Crippen LogP contribution >= 0.6 is 0 Å². The Morgan fingerprint density at radius 3 is 1.12 bits per heavy atom. The number of aliphatic hydroxyl groups is 2. The van der Waals surface area contributed by atoms with Crippen LogP contribution < -0.4 is 5.32 Å². The molecule has 0 rings (SSSR count). The molecule has 0 heterocycles. The third kappa shape index (κ3) is 47.0. The second-order valence-corrected chi connectivity index (χ2v) is 17.6. The van der Waals surface area contributed by atoms with Gasteiger partial charge in [-0.25, -0.2) is 0 Å². The average molecular weight is 824 g/mol. The molecule has 0 saturated heterocycles. The van der Waals surface area contributed by atoms with Crippen molar-refractivity contribution in [2.75, 3.05) is 6.61 Å². The second-order valence-electron chi connectivity index (χ2n) is 17.6. The second kappa shape index (κ2) is 50.4. The van der Waals surface area contributed by atoms with Crippen molar-refractivity contribution in [2.24, 2.45) is 0 Å². The van der Waals surface area contributed by atoms with E-state index in [1.807, 2.05) is 6.08 Å². The van der Waals surface area contributed by atoms with Crippen molar-refractivity contribution in [3.8, 4) is 0 Å². The molecule has 0 aromatic heterocycles. The van der Waals surface area contributed by atoms with Crippen molar-refractivity contribution in [3.05, 3.63) is 60.8 Å². The molecule has 0 aromatic rings. The number of unbranched alkanes of at least 4 members (excludes halogenated alkanes) is 32. The molecule has 1 amide bonds. The smallest absolute Gasteiger partial charge is 0.220 e. The predicted octanol–water partition coefficient (Wildman–Crippen LogP) is 16.9. The first kappa shape index (κ1) is 57.1. The standard InChI is InChI=1S/C55H101NO3/c1-3-5-7-9-11-13-15-17-19-21-23-24-25-26-27-28-29-30-31-32-33-35-37-39-41-43-45-47-49-51-55(59)56-53(52-57)54(58)50-48-46-44-42-40-38-36-34-22-20-18-16-14-12-10-8-6-4-2/h5,7,11,13,17,19,23-24,48,50,53-54,57-58H,3-4,6,8-10,12,14-16,18,20-22,25-47,49,51-52H2,1-2H3,(H,56,59)/b7-5-,13-11-,19-17-,24-23-,50-48+. The van der Waals surface area contributed by atoms with Gasteiger partial charge in [0.1, 0.15) is 0 Å². The predicted molar refractivity (Wildman–Crippen MR) is 262 cm³/mol. The lowest BCUT2D eigenvalue weighted by molar-refractivity contribution is -0.123. The molecule has 0 radical (unpaired) electrons. The van der Waals surface area contributed by atoms with Crippen molar-refractivity contribution in [2.45, 2.75) is 276 Å². The minimum atomic E-state index is -0.840. The van der Waals surface area contributed by atoms with Gasteiger partial charge in [-0.3, -0.25) is 4.79 Å². The van der Waals surface area contributed by atoms with E-state index in [4.69, 9.17) is 0 Å². The maximum absolute atomic E-state index is 12.4. The van der Waals surface area contributed by atoms with Gasteiger partial charge in [0, 0.05) is 6.42 Å². The Morgan fingerprint density at radius 2 is 0.746 bits per heavy atom. The van der Waals surface area contributed by atoms with Crippen LogP contribution in [-0.4, -0.2) is 34.9 Å². The third-order valence-corrected chi connectivity index (χ3v) is 11.8. The monoisotopic (exact) mass is 824 g/mol. The quantitative estimate of drug-likeness (QED) is 0.0423. The first-order chi connectivity index (χ1) is 29.2. The molecular weight excluding hydrogens is 723 g/mol. The van der Waals surface area contributed by atoms with Crippen LogP contribution in [0.4, 0.5) is 0 Å². The van der Waals surface area contributed by atoms with Gasteiger partial charge in [0.2, 0.25) is 5.91 Å². The van der Waals surface area contributed by atoms with E-state index in [0.717, 1.165) is 51.4 Å². The number of hydrogen-bond acceptors (Lipinski definition) is 3. The maximum atomic E-state index is 12.4. The first-order valence-corrected chi connectivity index (χ1v) is 26.0. The summed E-state index contributed by atoms with van der Waals surface area (Å²) in [6.07, 6.45) is 70.7. The highest BCUT2D eigenvalue weighted by Gasteiger charge is 2.18. The van der Waals surface area contributed by atoms with E-state index in [1.165, 1.54) is 193 Å². The van der Waals surface area contributed by atoms with Crippen LogP contribution in [0.25, 0.3) is 0 Å². The zero-order valence-electron chi connectivity index (χ0n) is 39.5. The summed E-state index contributed by atoms with van der Waals surface area (Å²) >= 11 is 0. The Kier molecular flexibility index (Phi) is 48.8. The molecule has 0 aliphatic heterocycles. The van der Waals surface area contributed by atoms with Crippen molar-refractivity contribution < 1.29 is 15.0 Å². The Hall–Kier alpha value is -1.91. The van der Waals surface area contributed by atoms with E-state index in [2.05, 4.69) is 67.8 Å². The molecule has 0 aliphatic carbocycles. The topological polar surface area (TPSA) is 69.6 Å². The lowest BCUT2D eigenvalue weighted by atomic mass is 10.0. The Morgan fingerprint density at radius 1 is 0.424 bits per heavy atom. The number of carbonyl (C=O) groups excluding carboxylic acids is 1. The highest BCUT2D eigenvalue weighted by Crippen LogP contribution is 2.16. The number of rotatable bonds is 47. The summed E-state index contributed by atoms with van der Waals surface area (Å²) < 4.78 is 0. The van der Waals surface area contributed by atoms with Gasteiger partial charge in [-0.15, -0.1) is 0 Å². The molecule has 2 unspecified atom stereocenters. The number of carbonyl (C=O) groups is 1. The van der Waals surface area contributed by atoms with E-state index in [0.29, 0.717) is 6.42 Å². The fourth-order valence-corrected chi connectivity index (χ4v) is 7.82. The molecule has 0 fully saturated rings. The lowest BCUT2D eigenvalue weighted by Gasteiger charge is -2.20. The Bertz CT molecular complexity index is 981. The molecule has 3 N–H and O–H groups in total. The van der Waals surface area contributed by atoms with E-state index < -0.39 is 12.1 Å². The number of hydrogen-bond donors (Lipinski definition) is 3. The average Bonchev–Trinajstić information content (AvgIpc) is 3.24. The van der Waals surface area contributed by atoms with Crippen LogP contribution in [0.2, 0.25) is 0 Å². The van der Waals surface area contributed by atoms with Crippen LogP contribution in [0.3, 0.4) is 0 Å². The van der Waals surface area contributed by atoms with Gasteiger partial charge in [0.25, 0.3) is 0 Å². The molecular formula is C55H101NO3. The number of amides is 1.